The second-order valence-electron chi connectivity index (χ2n) is 5.56. The highest BCUT2D eigenvalue weighted by Gasteiger charge is 2.29. The molecule has 2 amide bonds. The van der Waals surface area contributed by atoms with Gasteiger partial charge in [0.2, 0.25) is 0 Å². The van der Waals surface area contributed by atoms with Crippen LogP contribution in [-0.4, -0.2) is 22.7 Å². The molecule has 3 N–H and O–H groups in total. The number of halogens is 1. The molecule has 0 radical (unpaired) electrons. The number of rotatable bonds is 5. The molecular weight excluding hydrogens is 423 g/mol. The maximum absolute atomic E-state index is 11.8. The van der Waals surface area contributed by atoms with E-state index in [2.05, 4.69) is 22.6 Å². The lowest BCUT2D eigenvalue weighted by atomic mass is 10.1. The van der Waals surface area contributed by atoms with Crippen molar-refractivity contribution in [3.8, 4) is 5.75 Å². The Morgan fingerprint density at radius 2 is 1.50 bits per heavy atom. The Balaban J connectivity index is 2.28. The van der Waals surface area contributed by atoms with Crippen LogP contribution in [0.25, 0.3) is 0 Å². The van der Waals surface area contributed by atoms with Gasteiger partial charge in [0.1, 0.15) is 5.75 Å². The summed E-state index contributed by atoms with van der Waals surface area (Å²) in [5, 5.41) is 9.09. The molecule has 0 aliphatic rings. The molecule has 0 saturated heterocycles. The summed E-state index contributed by atoms with van der Waals surface area (Å²) in [6, 6.07) is 13.2. The minimum absolute atomic E-state index is 0.387. The molecule has 7 heteroatoms. The number of primary amides is 1. The van der Waals surface area contributed by atoms with Crippen LogP contribution in [0.2, 0.25) is 0 Å². The lowest BCUT2D eigenvalue weighted by molar-refractivity contribution is -0.152. The zero-order chi connectivity index (χ0) is 17.9. The summed E-state index contributed by atoms with van der Waals surface area (Å²) in [4.78, 5) is 24.3. The van der Waals surface area contributed by atoms with Crippen molar-refractivity contribution in [2.45, 2.75) is 19.4 Å². The molecule has 0 spiro atoms. The molecule has 0 unspecified atom stereocenters. The predicted octanol–water partition coefficient (Wildman–Crippen LogP) is 3.75. The average Bonchev–Trinajstić information content (AvgIpc) is 2.50. The number of hydrogen-bond acceptors (Lipinski definition) is 3. The van der Waals surface area contributed by atoms with Gasteiger partial charge in [0.15, 0.2) is 5.60 Å². The van der Waals surface area contributed by atoms with Crippen molar-refractivity contribution < 1.29 is 19.4 Å². The number of anilines is 2. The third kappa shape index (κ3) is 4.16. The zero-order valence-electron chi connectivity index (χ0n) is 13.2. The van der Waals surface area contributed by atoms with E-state index >= 15 is 0 Å². The summed E-state index contributed by atoms with van der Waals surface area (Å²) in [6.07, 6.45) is 0. The quantitative estimate of drug-likeness (QED) is 0.693. The lowest BCUT2D eigenvalue weighted by Gasteiger charge is -2.23. The number of carbonyl (C=O) groups excluding carboxylic acids is 1. The smallest absolute Gasteiger partial charge is 0.347 e. The van der Waals surface area contributed by atoms with Gasteiger partial charge >= 0.3 is 12.0 Å². The molecule has 0 aliphatic carbocycles. The van der Waals surface area contributed by atoms with Gasteiger partial charge in [-0.2, -0.15) is 0 Å². The van der Waals surface area contributed by atoms with E-state index in [-0.39, 0.29) is 0 Å². The number of ether oxygens (including phenoxy) is 1. The standard InChI is InChI=1S/C17H17IN2O4/c1-17(2,15(21)22)24-14-9-7-13(8-10-14)20(16(19)23)12-5-3-11(18)4-6-12/h3-10H,1-2H3,(H2,19,23)(H,21,22). The first-order valence-corrected chi connectivity index (χ1v) is 8.16. The summed E-state index contributed by atoms with van der Waals surface area (Å²) < 4.78 is 6.49. The fourth-order valence-corrected chi connectivity index (χ4v) is 2.35. The van der Waals surface area contributed by atoms with Gasteiger partial charge in [0.25, 0.3) is 0 Å². The fourth-order valence-electron chi connectivity index (χ4n) is 2.00. The molecule has 0 heterocycles. The van der Waals surface area contributed by atoms with Gasteiger partial charge in [-0.3, -0.25) is 4.90 Å². The molecule has 2 rings (SSSR count). The molecule has 24 heavy (non-hydrogen) atoms. The second-order valence-corrected chi connectivity index (χ2v) is 6.81. The highest BCUT2D eigenvalue weighted by atomic mass is 127. The van der Waals surface area contributed by atoms with E-state index in [1.165, 1.54) is 18.7 Å². The number of urea groups is 1. The molecular formula is C17H17IN2O4. The summed E-state index contributed by atoms with van der Waals surface area (Å²) in [5.41, 5.74) is 5.35. The molecule has 6 nitrogen and oxygen atoms in total. The van der Waals surface area contributed by atoms with Gasteiger partial charge in [0.05, 0.1) is 11.4 Å². The topological polar surface area (TPSA) is 92.9 Å². The molecule has 126 valence electrons. The van der Waals surface area contributed by atoms with Gasteiger partial charge < -0.3 is 15.6 Å². The molecule has 0 atom stereocenters. The largest absolute Gasteiger partial charge is 0.478 e. The zero-order valence-corrected chi connectivity index (χ0v) is 15.4. The number of amides is 2. The van der Waals surface area contributed by atoms with Crippen molar-refractivity contribution >= 4 is 46.0 Å². The lowest BCUT2D eigenvalue weighted by Crippen LogP contribution is -2.37. The van der Waals surface area contributed by atoms with E-state index in [9.17, 15) is 9.59 Å². The normalized spacial score (nSPS) is 11.0. The molecule has 0 aromatic heterocycles. The van der Waals surface area contributed by atoms with E-state index < -0.39 is 17.6 Å². The number of nitrogens with two attached hydrogens (primary N) is 1. The van der Waals surface area contributed by atoms with Gasteiger partial charge in [-0.05, 0) is 85.0 Å². The molecule has 0 saturated carbocycles. The summed E-state index contributed by atoms with van der Waals surface area (Å²) in [7, 11) is 0. The van der Waals surface area contributed by atoms with Crippen LogP contribution in [0.15, 0.2) is 48.5 Å². The molecule has 0 fully saturated rings. The van der Waals surface area contributed by atoms with E-state index in [0.717, 1.165) is 3.57 Å². The van der Waals surface area contributed by atoms with Crippen LogP contribution < -0.4 is 15.4 Å². The predicted molar refractivity (Wildman–Crippen MR) is 99.7 cm³/mol. The number of carboxylic acids is 1. The first-order chi connectivity index (χ1) is 11.2. The van der Waals surface area contributed by atoms with Crippen molar-refractivity contribution in [2.75, 3.05) is 4.90 Å². The first-order valence-electron chi connectivity index (χ1n) is 7.08. The minimum atomic E-state index is -1.35. The van der Waals surface area contributed by atoms with E-state index in [4.69, 9.17) is 15.6 Å². The maximum Gasteiger partial charge on any atom is 0.347 e. The Bertz CT molecular complexity index is 742. The number of aliphatic carboxylic acids is 1. The van der Waals surface area contributed by atoms with E-state index in [1.54, 1.807) is 36.4 Å². The van der Waals surface area contributed by atoms with Crippen molar-refractivity contribution in [2.24, 2.45) is 5.73 Å². The van der Waals surface area contributed by atoms with Crippen LogP contribution in [0, 0.1) is 3.57 Å². The molecule has 2 aromatic rings. The van der Waals surface area contributed by atoms with Gasteiger partial charge in [-0.15, -0.1) is 0 Å². The SMILES string of the molecule is CC(C)(Oc1ccc(N(C(N)=O)c2ccc(I)cc2)cc1)C(=O)O. The minimum Gasteiger partial charge on any atom is -0.478 e. The average molecular weight is 440 g/mol. The Kier molecular flexibility index (Phi) is 5.33. The van der Waals surface area contributed by atoms with Gasteiger partial charge in [-0.25, -0.2) is 9.59 Å². The van der Waals surface area contributed by atoms with E-state index in [0.29, 0.717) is 17.1 Å². The second kappa shape index (κ2) is 7.08. The monoisotopic (exact) mass is 440 g/mol. The summed E-state index contributed by atoms with van der Waals surface area (Å²) in [6.45, 7) is 2.93. The number of nitrogens with zero attached hydrogens (tertiary/aromatic N) is 1. The fraction of sp³-hybridized carbons (Fsp3) is 0.176. The third-order valence-electron chi connectivity index (χ3n) is 3.29. The third-order valence-corrected chi connectivity index (χ3v) is 4.01. The Morgan fingerprint density at radius 3 is 1.92 bits per heavy atom. The van der Waals surface area contributed by atoms with Gasteiger partial charge in [0, 0.05) is 3.57 Å². The summed E-state index contributed by atoms with van der Waals surface area (Å²) in [5.74, 6) is -0.678. The number of benzene rings is 2. The van der Waals surface area contributed by atoms with Crippen LogP contribution in [0.1, 0.15) is 13.8 Å². The van der Waals surface area contributed by atoms with Crippen LogP contribution in [0.3, 0.4) is 0 Å². The van der Waals surface area contributed by atoms with Crippen molar-refractivity contribution in [3.63, 3.8) is 0 Å². The molecule has 2 aromatic carbocycles. The van der Waals surface area contributed by atoms with Crippen LogP contribution in [0.4, 0.5) is 16.2 Å². The Morgan fingerprint density at radius 1 is 1.04 bits per heavy atom. The maximum atomic E-state index is 11.8. The first kappa shape index (κ1) is 18.1. The van der Waals surface area contributed by atoms with Gasteiger partial charge in [-0.1, -0.05) is 0 Å². The van der Waals surface area contributed by atoms with Crippen molar-refractivity contribution in [1.82, 2.24) is 0 Å². The highest BCUT2D eigenvalue weighted by Crippen LogP contribution is 2.28. The van der Waals surface area contributed by atoms with E-state index in [1.807, 2.05) is 12.1 Å². The number of carboxylic acid groups (broad SMARTS) is 1. The molecule has 0 aliphatic heterocycles. The number of hydrogen-bond donors (Lipinski definition) is 2. The van der Waals surface area contributed by atoms with Crippen molar-refractivity contribution in [3.05, 3.63) is 52.1 Å². The van der Waals surface area contributed by atoms with Crippen LogP contribution in [0.5, 0.6) is 5.75 Å². The van der Waals surface area contributed by atoms with Crippen molar-refractivity contribution in [1.29, 1.82) is 0 Å². The van der Waals surface area contributed by atoms with Crippen LogP contribution in [-0.2, 0) is 4.79 Å². The highest BCUT2D eigenvalue weighted by molar-refractivity contribution is 14.1. The molecule has 0 bridgehead atoms. The van der Waals surface area contributed by atoms with Crippen LogP contribution >= 0.6 is 22.6 Å². The summed E-state index contributed by atoms with van der Waals surface area (Å²) >= 11 is 2.17. The number of carbonyl (C=O) groups is 2. The Hall–Kier alpha value is -2.29. The Labute approximate surface area is 153 Å².